The van der Waals surface area contributed by atoms with Crippen LogP contribution in [0.15, 0.2) is 24.3 Å². The molecular formula is C14H18ClNO. The van der Waals surface area contributed by atoms with Gasteiger partial charge in [0.15, 0.2) is 5.78 Å². The van der Waals surface area contributed by atoms with E-state index in [1.165, 1.54) is 12.8 Å². The van der Waals surface area contributed by atoms with Gasteiger partial charge in [-0.25, -0.2) is 0 Å². The van der Waals surface area contributed by atoms with Crippen molar-refractivity contribution >= 4 is 17.4 Å². The smallest absolute Gasteiger partial charge is 0.178 e. The maximum absolute atomic E-state index is 12.2. The Morgan fingerprint density at radius 1 is 1.41 bits per heavy atom. The summed E-state index contributed by atoms with van der Waals surface area (Å²) in [5, 5.41) is 0.560. The Morgan fingerprint density at radius 2 is 2.12 bits per heavy atom. The lowest BCUT2D eigenvalue weighted by Gasteiger charge is -2.20. The van der Waals surface area contributed by atoms with E-state index in [0.717, 1.165) is 13.0 Å². The molecule has 92 valence electrons. The molecule has 0 amide bonds. The van der Waals surface area contributed by atoms with Crippen LogP contribution in [0.3, 0.4) is 0 Å². The highest BCUT2D eigenvalue weighted by Gasteiger charge is 2.29. The van der Waals surface area contributed by atoms with Crippen LogP contribution >= 0.6 is 11.6 Å². The van der Waals surface area contributed by atoms with Crippen LogP contribution in [0.5, 0.6) is 0 Å². The molecule has 17 heavy (non-hydrogen) atoms. The van der Waals surface area contributed by atoms with Gasteiger partial charge < -0.3 is 0 Å². The summed E-state index contributed by atoms with van der Waals surface area (Å²) < 4.78 is 0. The predicted molar refractivity (Wildman–Crippen MR) is 70.7 cm³/mol. The SMILES string of the molecule is CCCN(CC(=O)c1ccccc1Cl)C1CC1. The van der Waals surface area contributed by atoms with Crippen molar-refractivity contribution in [3.8, 4) is 0 Å². The molecule has 0 atom stereocenters. The molecule has 1 saturated carbocycles. The monoisotopic (exact) mass is 251 g/mol. The Balaban J connectivity index is 2.02. The van der Waals surface area contributed by atoms with E-state index >= 15 is 0 Å². The Hall–Kier alpha value is -0.860. The Morgan fingerprint density at radius 3 is 2.71 bits per heavy atom. The van der Waals surface area contributed by atoms with Crippen LogP contribution in [-0.2, 0) is 0 Å². The molecule has 1 aliphatic rings. The van der Waals surface area contributed by atoms with Crippen molar-refractivity contribution in [3.05, 3.63) is 34.9 Å². The number of rotatable bonds is 6. The fourth-order valence-corrected chi connectivity index (χ4v) is 2.32. The van der Waals surface area contributed by atoms with E-state index in [2.05, 4.69) is 11.8 Å². The van der Waals surface area contributed by atoms with Crippen LogP contribution in [0.25, 0.3) is 0 Å². The summed E-state index contributed by atoms with van der Waals surface area (Å²) in [5.74, 6) is 0.135. The molecule has 1 aliphatic carbocycles. The molecule has 1 fully saturated rings. The summed E-state index contributed by atoms with van der Waals surface area (Å²) in [6.07, 6.45) is 3.55. The molecule has 0 radical (unpaired) electrons. The summed E-state index contributed by atoms with van der Waals surface area (Å²) >= 11 is 6.04. The van der Waals surface area contributed by atoms with E-state index in [-0.39, 0.29) is 5.78 Å². The van der Waals surface area contributed by atoms with E-state index in [1.807, 2.05) is 18.2 Å². The molecule has 0 saturated heterocycles. The van der Waals surface area contributed by atoms with Crippen molar-refractivity contribution in [1.82, 2.24) is 4.90 Å². The summed E-state index contributed by atoms with van der Waals surface area (Å²) in [4.78, 5) is 14.4. The molecule has 0 heterocycles. The zero-order valence-electron chi connectivity index (χ0n) is 10.2. The molecule has 3 heteroatoms. The fraction of sp³-hybridized carbons (Fsp3) is 0.500. The molecule has 0 unspecified atom stereocenters. The van der Waals surface area contributed by atoms with Gasteiger partial charge in [0.2, 0.25) is 0 Å². The van der Waals surface area contributed by atoms with Crippen LogP contribution in [0, 0.1) is 0 Å². The average molecular weight is 252 g/mol. The van der Waals surface area contributed by atoms with E-state index in [1.54, 1.807) is 6.07 Å². The number of ketones is 1. The summed E-state index contributed by atoms with van der Waals surface area (Å²) in [7, 11) is 0. The van der Waals surface area contributed by atoms with Crippen LogP contribution < -0.4 is 0 Å². The summed E-state index contributed by atoms with van der Waals surface area (Å²) in [6, 6.07) is 7.92. The van der Waals surface area contributed by atoms with Gasteiger partial charge in [0, 0.05) is 11.6 Å². The lowest BCUT2D eigenvalue weighted by molar-refractivity contribution is 0.0925. The number of carbonyl (C=O) groups excluding carboxylic acids is 1. The Kier molecular flexibility index (Phi) is 4.19. The minimum atomic E-state index is 0.135. The van der Waals surface area contributed by atoms with Crippen LogP contribution in [0.1, 0.15) is 36.5 Å². The maximum Gasteiger partial charge on any atom is 0.178 e. The molecule has 0 N–H and O–H groups in total. The van der Waals surface area contributed by atoms with Gasteiger partial charge in [-0.3, -0.25) is 9.69 Å². The van der Waals surface area contributed by atoms with Gasteiger partial charge in [0.05, 0.1) is 11.6 Å². The van der Waals surface area contributed by atoms with Crippen molar-refractivity contribution in [2.75, 3.05) is 13.1 Å². The number of carbonyl (C=O) groups is 1. The van der Waals surface area contributed by atoms with Gasteiger partial charge >= 0.3 is 0 Å². The largest absolute Gasteiger partial charge is 0.293 e. The number of halogens is 1. The van der Waals surface area contributed by atoms with Gasteiger partial charge in [-0.1, -0.05) is 30.7 Å². The Labute approximate surface area is 108 Å². The minimum absolute atomic E-state index is 0.135. The first-order chi connectivity index (χ1) is 8.22. The molecule has 2 nitrogen and oxygen atoms in total. The van der Waals surface area contributed by atoms with Crippen molar-refractivity contribution in [3.63, 3.8) is 0 Å². The van der Waals surface area contributed by atoms with Gasteiger partial charge in [-0.05, 0) is 37.9 Å². The second-order valence-electron chi connectivity index (χ2n) is 4.60. The first-order valence-electron chi connectivity index (χ1n) is 6.24. The van der Waals surface area contributed by atoms with Crippen molar-refractivity contribution < 1.29 is 4.79 Å². The lowest BCUT2D eigenvalue weighted by Crippen LogP contribution is -2.32. The van der Waals surface area contributed by atoms with E-state index in [9.17, 15) is 4.79 Å². The summed E-state index contributed by atoms with van der Waals surface area (Å²) in [6.45, 7) is 3.65. The highest BCUT2D eigenvalue weighted by Crippen LogP contribution is 2.27. The third-order valence-electron chi connectivity index (χ3n) is 3.10. The second kappa shape index (κ2) is 5.65. The third kappa shape index (κ3) is 3.30. The van der Waals surface area contributed by atoms with Crippen LogP contribution in [0.2, 0.25) is 5.02 Å². The predicted octanol–water partition coefficient (Wildman–Crippen LogP) is 3.40. The third-order valence-corrected chi connectivity index (χ3v) is 3.42. The number of hydrogen-bond donors (Lipinski definition) is 0. The molecule has 1 aromatic carbocycles. The quantitative estimate of drug-likeness (QED) is 0.723. The van der Waals surface area contributed by atoms with E-state index < -0.39 is 0 Å². The zero-order valence-corrected chi connectivity index (χ0v) is 10.9. The molecule has 0 aliphatic heterocycles. The van der Waals surface area contributed by atoms with Gasteiger partial charge in [-0.2, -0.15) is 0 Å². The minimum Gasteiger partial charge on any atom is -0.293 e. The topological polar surface area (TPSA) is 20.3 Å². The number of benzene rings is 1. The number of nitrogens with zero attached hydrogens (tertiary/aromatic N) is 1. The highest BCUT2D eigenvalue weighted by molar-refractivity contribution is 6.34. The van der Waals surface area contributed by atoms with Crippen molar-refractivity contribution in [1.29, 1.82) is 0 Å². The summed E-state index contributed by atoms with van der Waals surface area (Å²) in [5.41, 5.74) is 0.649. The second-order valence-corrected chi connectivity index (χ2v) is 5.01. The molecule has 0 bridgehead atoms. The first kappa shape index (κ1) is 12.6. The average Bonchev–Trinajstić information content (AvgIpc) is 3.12. The van der Waals surface area contributed by atoms with Crippen LogP contribution in [0.4, 0.5) is 0 Å². The molecular weight excluding hydrogens is 234 g/mol. The normalized spacial score (nSPS) is 15.2. The van der Waals surface area contributed by atoms with E-state index in [0.29, 0.717) is 23.2 Å². The first-order valence-corrected chi connectivity index (χ1v) is 6.62. The van der Waals surface area contributed by atoms with Crippen molar-refractivity contribution in [2.45, 2.75) is 32.2 Å². The number of hydrogen-bond acceptors (Lipinski definition) is 2. The fourth-order valence-electron chi connectivity index (χ4n) is 2.07. The zero-order chi connectivity index (χ0) is 12.3. The van der Waals surface area contributed by atoms with Gasteiger partial charge in [0.1, 0.15) is 0 Å². The molecule has 2 rings (SSSR count). The Bertz CT molecular complexity index is 401. The number of Topliss-reactive ketones (excluding diaryl/α,β-unsaturated/α-hetero) is 1. The molecule has 1 aromatic rings. The molecule has 0 aromatic heterocycles. The van der Waals surface area contributed by atoms with Gasteiger partial charge in [-0.15, -0.1) is 0 Å². The lowest BCUT2D eigenvalue weighted by atomic mass is 10.1. The van der Waals surface area contributed by atoms with Gasteiger partial charge in [0.25, 0.3) is 0 Å². The van der Waals surface area contributed by atoms with Crippen LogP contribution in [-0.4, -0.2) is 29.8 Å². The highest BCUT2D eigenvalue weighted by atomic mass is 35.5. The van der Waals surface area contributed by atoms with E-state index in [4.69, 9.17) is 11.6 Å². The maximum atomic E-state index is 12.2. The molecule has 0 spiro atoms. The standard InChI is InChI=1S/C14H18ClNO/c1-2-9-16(11-7-8-11)10-14(17)12-5-3-4-6-13(12)15/h3-6,11H,2,7-10H2,1H3. The van der Waals surface area contributed by atoms with Crippen molar-refractivity contribution in [2.24, 2.45) is 0 Å².